The molecule has 7 rings (SSSR count). The number of methoxy groups -OCH3 is 3. The Morgan fingerprint density at radius 2 is 1.58 bits per heavy atom. The van der Waals surface area contributed by atoms with Gasteiger partial charge >= 0.3 is 5.97 Å². The van der Waals surface area contributed by atoms with Gasteiger partial charge in [-0.3, -0.25) is 9.59 Å². The van der Waals surface area contributed by atoms with Crippen molar-refractivity contribution in [3.63, 3.8) is 0 Å². The molecule has 3 heterocycles. The zero-order chi connectivity index (χ0) is 44.4. The number of carbonyl (C=O) groups is 2. The van der Waals surface area contributed by atoms with Crippen LogP contribution < -0.4 is 5.32 Å². The Kier molecular flexibility index (Phi) is 16.1. The van der Waals surface area contributed by atoms with Crippen molar-refractivity contribution < 1.29 is 52.6 Å². The molecule has 0 spiro atoms. The Bertz CT molecular complexity index is 1660. The zero-order valence-electron chi connectivity index (χ0n) is 38.9. The summed E-state index contributed by atoms with van der Waals surface area (Å²) in [6.07, 6.45) is 3.67. The highest BCUT2D eigenvalue weighted by molar-refractivity contribution is 5.99. The third-order valence-corrected chi connectivity index (χ3v) is 15.6. The van der Waals surface area contributed by atoms with Crippen molar-refractivity contribution in [1.82, 2.24) is 10.2 Å². The number of carbonyl (C=O) groups excluding carboxylic acids is 2. The van der Waals surface area contributed by atoms with E-state index in [0.717, 1.165) is 24.8 Å². The van der Waals surface area contributed by atoms with Crippen LogP contribution in [-0.2, 0) is 47.5 Å². The Hall–Kier alpha value is -2.30. The Morgan fingerprint density at radius 1 is 0.871 bits per heavy atom. The second-order valence-electron chi connectivity index (χ2n) is 19.4. The van der Waals surface area contributed by atoms with Crippen LogP contribution in [0, 0.1) is 35.5 Å². The highest BCUT2D eigenvalue weighted by Crippen LogP contribution is 2.57. The van der Waals surface area contributed by atoms with Crippen molar-refractivity contribution in [2.75, 3.05) is 35.4 Å². The fourth-order valence-electron chi connectivity index (χ4n) is 12.4. The molecule has 0 amide bonds. The van der Waals surface area contributed by atoms with Crippen LogP contribution in [0.4, 0.5) is 0 Å². The topological polar surface area (TPSA) is 143 Å². The summed E-state index contributed by atoms with van der Waals surface area (Å²) in [5.41, 5.74) is 1.75. The SMILES string of the molecule is CC[C@H]1CCC[C@H](O[C@H]2CC[C@H](N(C)C)C(C)O2)[C@@H](C)C(=O)C2=C[C@H]3[C@@H]4C[C@H](O[C@@H]5OC(C)[C@H](OC)C(OC)C5OC)C[C@H]4[C@@H](O)[C@H](N[C@@H](C)c4ccccc4)[C@H]3[C@@H]2CC(=O)O1. The molecule has 3 aliphatic carbocycles. The molecule has 348 valence electrons. The molecule has 6 aliphatic rings. The molecule has 0 radical (unpaired) electrons. The number of hydrogen-bond acceptors (Lipinski definition) is 13. The number of ketones is 1. The summed E-state index contributed by atoms with van der Waals surface area (Å²) in [6, 6.07) is 9.99. The molecule has 0 aromatic heterocycles. The fraction of sp³-hybridized carbons (Fsp3) is 0.796. The number of rotatable bonds is 12. The van der Waals surface area contributed by atoms with Crippen molar-refractivity contribution in [3.05, 3.63) is 47.5 Å². The van der Waals surface area contributed by atoms with Gasteiger partial charge in [0.2, 0.25) is 0 Å². The van der Waals surface area contributed by atoms with Crippen LogP contribution in [0.25, 0.3) is 0 Å². The molecule has 13 nitrogen and oxygen atoms in total. The van der Waals surface area contributed by atoms with Crippen molar-refractivity contribution in [1.29, 1.82) is 0 Å². The van der Waals surface area contributed by atoms with Gasteiger partial charge in [-0.2, -0.15) is 0 Å². The summed E-state index contributed by atoms with van der Waals surface area (Å²) in [4.78, 5) is 31.5. The first-order valence-corrected chi connectivity index (χ1v) is 23.6. The summed E-state index contributed by atoms with van der Waals surface area (Å²) < 4.78 is 50.3. The van der Waals surface area contributed by atoms with E-state index in [1.807, 2.05) is 32.0 Å². The normalized spacial score (nSPS) is 43.4. The largest absolute Gasteiger partial charge is 0.462 e. The highest BCUT2D eigenvalue weighted by atomic mass is 16.7. The minimum atomic E-state index is -0.774. The minimum Gasteiger partial charge on any atom is -0.462 e. The lowest BCUT2D eigenvalue weighted by atomic mass is 9.62. The van der Waals surface area contributed by atoms with E-state index in [1.165, 1.54) is 0 Å². The number of cyclic esters (lactones) is 1. The molecule has 2 N–H and O–H groups in total. The number of fused-ring (bicyclic) bond motifs is 5. The maximum atomic E-state index is 15.2. The molecule has 62 heavy (non-hydrogen) atoms. The molecule has 3 saturated heterocycles. The average Bonchev–Trinajstić information content (AvgIpc) is 3.85. The first kappa shape index (κ1) is 47.7. The predicted molar refractivity (Wildman–Crippen MR) is 233 cm³/mol. The van der Waals surface area contributed by atoms with Crippen molar-refractivity contribution in [2.45, 2.75) is 178 Å². The number of esters is 1. The third kappa shape index (κ3) is 9.93. The van der Waals surface area contributed by atoms with E-state index < -0.39 is 48.8 Å². The van der Waals surface area contributed by atoms with Gasteiger partial charge < -0.3 is 53.2 Å². The van der Waals surface area contributed by atoms with E-state index >= 15 is 4.79 Å². The van der Waals surface area contributed by atoms with Gasteiger partial charge in [0.15, 0.2) is 18.4 Å². The Morgan fingerprint density at radius 3 is 2.24 bits per heavy atom. The minimum absolute atomic E-state index is 0.00219. The van der Waals surface area contributed by atoms with Gasteiger partial charge in [-0.05, 0) is 121 Å². The summed E-state index contributed by atoms with van der Waals surface area (Å²) in [6.45, 7) is 10.2. The van der Waals surface area contributed by atoms with Crippen LogP contribution in [0.3, 0.4) is 0 Å². The van der Waals surface area contributed by atoms with Gasteiger partial charge in [-0.1, -0.05) is 50.3 Å². The molecule has 3 aliphatic heterocycles. The summed E-state index contributed by atoms with van der Waals surface area (Å²) in [7, 11) is 9.08. The van der Waals surface area contributed by atoms with Gasteiger partial charge in [0.1, 0.15) is 24.4 Å². The van der Waals surface area contributed by atoms with Crippen LogP contribution >= 0.6 is 0 Å². The number of aliphatic hydroxyl groups is 1. The van der Waals surface area contributed by atoms with E-state index in [2.05, 4.69) is 63.3 Å². The first-order chi connectivity index (χ1) is 29.8. The van der Waals surface area contributed by atoms with E-state index in [4.69, 9.17) is 37.9 Å². The summed E-state index contributed by atoms with van der Waals surface area (Å²) in [5, 5.41) is 16.5. The Labute approximate surface area is 370 Å². The third-order valence-electron chi connectivity index (χ3n) is 15.6. The highest BCUT2D eigenvalue weighted by Gasteiger charge is 2.60. The second-order valence-corrected chi connectivity index (χ2v) is 19.4. The van der Waals surface area contributed by atoms with Crippen LogP contribution in [0.2, 0.25) is 0 Å². The fourth-order valence-corrected chi connectivity index (χ4v) is 12.4. The quantitative estimate of drug-likeness (QED) is 0.237. The van der Waals surface area contributed by atoms with Crippen molar-refractivity contribution in [3.8, 4) is 0 Å². The lowest BCUT2D eigenvalue weighted by Crippen LogP contribution is -2.59. The maximum Gasteiger partial charge on any atom is 0.306 e. The van der Waals surface area contributed by atoms with E-state index in [1.54, 1.807) is 21.3 Å². The molecule has 1 aromatic rings. The number of benzene rings is 1. The molecule has 13 heteroatoms. The number of Topliss-reactive ketones (excluding diaryl/α,β-unsaturated/α-hetero) is 1. The van der Waals surface area contributed by atoms with Gasteiger partial charge in [0, 0.05) is 51.3 Å². The number of nitrogens with one attached hydrogen (secondary N) is 1. The number of ether oxygens (including phenoxy) is 8. The number of likely N-dealkylation sites (N-methyl/N-ethyl adjacent to an activating group) is 1. The molecule has 20 atom stereocenters. The molecule has 4 unspecified atom stereocenters. The standard InChI is InChI=1S/C49H76N2O11/c1-11-31-18-15-19-39(62-41-21-20-38(51(6)7)28(4)58-41)26(2)44(53)37-24-34-33-22-32(61-49-48(57-10)47(56-9)46(55-8)29(5)59-49)23-36(33)45(54)43(42(34)35(37)25-40(52)60-31)50-27(3)30-16-13-12-14-17-30/h12-14,16-17,24,26-29,31-36,38-39,41-43,45-50,54H,11,15,18-23,25H2,1-10H3/t26-,27+,28?,29?,31+,32+,33+,34+,35-,36-,38+,39+,41+,42-,43-,45-,46+,47?,48?,49+/m1/s1. The lowest BCUT2D eigenvalue weighted by Gasteiger charge is -2.48. The van der Waals surface area contributed by atoms with Crippen LogP contribution in [0.1, 0.15) is 104 Å². The predicted octanol–water partition coefficient (Wildman–Crippen LogP) is 6.01. The Balaban J connectivity index is 1.21. The molecule has 5 fully saturated rings. The summed E-state index contributed by atoms with van der Waals surface area (Å²) >= 11 is 0. The van der Waals surface area contributed by atoms with Crippen molar-refractivity contribution in [2.24, 2.45) is 35.5 Å². The zero-order valence-corrected chi connectivity index (χ0v) is 38.9. The van der Waals surface area contributed by atoms with E-state index in [-0.39, 0.29) is 84.5 Å². The molecular weight excluding hydrogens is 793 g/mol. The van der Waals surface area contributed by atoms with Gasteiger partial charge in [-0.15, -0.1) is 0 Å². The van der Waals surface area contributed by atoms with Gasteiger partial charge in [0.25, 0.3) is 0 Å². The summed E-state index contributed by atoms with van der Waals surface area (Å²) in [5.74, 6) is -1.72. The van der Waals surface area contributed by atoms with Crippen LogP contribution in [-0.4, -0.2) is 137 Å². The lowest BCUT2D eigenvalue weighted by molar-refractivity contribution is -0.314. The van der Waals surface area contributed by atoms with Crippen LogP contribution in [0.5, 0.6) is 0 Å². The smallest absolute Gasteiger partial charge is 0.306 e. The second kappa shape index (κ2) is 20.9. The average molecular weight is 869 g/mol. The van der Waals surface area contributed by atoms with Gasteiger partial charge in [-0.25, -0.2) is 0 Å². The molecular formula is C49H76N2O11. The number of nitrogens with zero attached hydrogens (tertiary/aromatic N) is 1. The maximum absolute atomic E-state index is 15.2. The van der Waals surface area contributed by atoms with Gasteiger partial charge in [0.05, 0.1) is 36.9 Å². The first-order valence-electron chi connectivity index (χ1n) is 23.6. The molecule has 2 saturated carbocycles. The van der Waals surface area contributed by atoms with Crippen molar-refractivity contribution >= 4 is 11.8 Å². The number of aliphatic hydroxyl groups excluding tert-OH is 1. The number of allylic oxidation sites excluding steroid dienone is 2. The van der Waals surface area contributed by atoms with E-state index in [0.29, 0.717) is 43.7 Å². The molecule has 0 bridgehead atoms. The van der Waals surface area contributed by atoms with E-state index in [9.17, 15) is 9.90 Å². The number of hydrogen-bond donors (Lipinski definition) is 2. The monoisotopic (exact) mass is 869 g/mol. The molecule has 1 aromatic carbocycles. The van der Waals surface area contributed by atoms with Crippen LogP contribution in [0.15, 0.2) is 42.0 Å².